The number of carbonyl (C=O) groups is 2. The molecule has 1 aromatic heterocycles. The van der Waals surface area contributed by atoms with E-state index in [1.54, 1.807) is 30.7 Å². The fourth-order valence-corrected chi connectivity index (χ4v) is 3.55. The first-order chi connectivity index (χ1) is 15.0. The first-order valence-electron chi connectivity index (χ1n) is 10.7. The number of rotatable bonds is 9. The van der Waals surface area contributed by atoms with Crippen LogP contribution in [0.5, 0.6) is 0 Å². The minimum absolute atomic E-state index is 0.0909. The molecule has 0 saturated carbocycles. The quantitative estimate of drug-likeness (QED) is 0.412. The lowest BCUT2D eigenvalue weighted by Crippen LogP contribution is -2.24. The third-order valence-corrected chi connectivity index (χ3v) is 5.17. The van der Waals surface area contributed by atoms with Crippen LogP contribution in [0.25, 0.3) is 5.69 Å². The number of amides is 1. The van der Waals surface area contributed by atoms with Gasteiger partial charge in [-0.25, -0.2) is 9.48 Å². The van der Waals surface area contributed by atoms with Crippen LogP contribution < -0.4 is 5.32 Å². The number of ether oxygens (including phenoxy) is 1. The van der Waals surface area contributed by atoms with Crippen LogP contribution >= 0.6 is 0 Å². The maximum Gasteiger partial charge on any atom is 0.341 e. The summed E-state index contributed by atoms with van der Waals surface area (Å²) >= 11 is 0. The molecule has 0 spiro atoms. The van der Waals surface area contributed by atoms with Gasteiger partial charge < -0.3 is 10.1 Å². The summed E-state index contributed by atoms with van der Waals surface area (Å²) in [6, 6.07) is 17.6. The fraction of sp³-hybridized carbons (Fsp3) is 0.320. The topological polar surface area (TPSA) is 73.2 Å². The van der Waals surface area contributed by atoms with Crippen molar-refractivity contribution in [3.63, 3.8) is 0 Å². The van der Waals surface area contributed by atoms with E-state index in [0.29, 0.717) is 35.7 Å². The minimum Gasteiger partial charge on any atom is -0.462 e. The molecule has 6 heteroatoms. The summed E-state index contributed by atoms with van der Waals surface area (Å²) in [7, 11) is 0. The first-order valence-corrected chi connectivity index (χ1v) is 10.7. The number of hydrogen-bond acceptors (Lipinski definition) is 4. The van der Waals surface area contributed by atoms with Gasteiger partial charge in [0.2, 0.25) is 0 Å². The molecule has 3 aromatic rings. The van der Waals surface area contributed by atoms with E-state index in [1.807, 2.05) is 37.3 Å². The van der Waals surface area contributed by atoms with Crippen LogP contribution in [0.1, 0.15) is 57.4 Å². The van der Waals surface area contributed by atoms with Crippen molar-refractivity contribution in [1.29, 1.82) is 0 Å². The van der Waals surface area contributed by atoms with Gasteiger partial charge in [0.25, 0.3) is 5.91 Å². The fourth-order valence-electron chi connectivity index (χ4n) is 3.55. The molecule has 162 valence electrons. The maximum absolute atomic E-state index is 12.4. The van der Waals surface area contributed by atoms with E-state index in [0.717, 1.165) is 24.9 Å². The van der Waals surface area contributed by atoms with Crippen LogP contribution in [0.2, 0.25) is 0 Å². The van der Waals surface area contributed by atoms with Crippen LogP contribution in [0.4, 0.5) is 0 Å². The predicted molar refractivity (Wildman–Crippen MR) is 121 cm³/mol. The molecule has 0 saturated heterocycles. The van der Waals surface area contributed by atoms with Gasteiger partial charge in [0.1, 0.15) is 5.56 Å². The summed E-state index contributed by atoms with van der Waals surface area (Å²) in [5, 5.41) is 7.44. The Hall–Kier alpha value is -3.41. The van der Waals surface area contributed by atoms with Crippen LogP contribution in [-0.4, -0.2) is 34.8 Å². The second-order valence-corrected chi connectivity index (χ2v) is 7.42. The monoisotopic (exact) mass is 419 g/mol. The number of unbranched alkanes of at least 4 members (excludes halogenated alkanes) is 1. The summed E-state index contributed by atoms with van der Waals surface area (Å²) in [6.45, 7) is 6.37. The van der Waals surface area contributed by atoms with Gasteiger partial charge in [-0.2, -0.15) is 5.10 Å². The van der Waals surface area contributed by atoms with Crippen molar-refractivity contribution in [3.8, 4) is 5.69 Å². The highest BCUT2D eigenvalue weighted by atomic mass is 16.5. The molecular formula is C25H29N3O3. The second-order valence-electron chi connectivity index (χ2n) is 7.42. The first kappa shape index (κ1) is 22.3. The van der Waals surface area contributed by atoms with Gasteiger partial charge in [-0.1, -0.05) is 30.3 Å². The Bertz CT molecular complexity index is 1020. The molecule has 3 rings (SSSR count). The van der Waals surface area contributed by atoms with Crippen molar-refractivity contribution in [2.45, 2.75) is 40.0 Å². The molecule has 0 aliphatic carbocycles. The van der Waals surface area contributed by atoms with E-state index in [4.69, 9.17) is 4.74 Å². The Balaban J connectivity index is 1.55. The summed E-state index contributed by atoms with van der Waals surface area (Å²) < 4.78 is 6.83. The highest BCUT2D eigenvalue weighted by molar-refractivity contribution is 5.94. The van der Waals surface area contributed by atoms with Crippen molar-refractivity contribution in [2.75, 3.05) is 13.2 Å². The smallest absolute Gasteiger partial charge is 0.341 e. The van der Waals surface area contributed by atoms with Gasteiger partial charge in [-0.05, 0) is 69.9 Å². The second kappa shape index (κ2) is 10.6. The highest BCUT2D eigenvalue weighted by Gasteiger charge is 2.20. The van der Waals surface area contributed by atoms with Crippen molar-refractivity contribution in [1.82, 2.24) is 15.1 Å². The number of hydrogen-bond donors (Lipinski definition) is 1. The average molecular weight is 420 g/mol. The van der Waals surface area contributed by atoms with Gasteiger partial charge in [-0.15, -0.1) is 0 Å². The number of carbonyl (C=O) groups excluding carboxylic acids is 2. The normalized spacial score (nSPS) is 10.7. The molecular weight excluding hydrogens is 390 g/mol. The third-order valence-electron chi connectivity index (χ3n) is 5.17. The van der Waals surface area contributed by atoms with Crippen LogP contribution in [0, 0.1) is 13.8 Å². The van der Waals surface area contributed by atoms with Crippen molar-refractivity contribution in [2.24, 2.45) is 0 Å². The number of nitrogens with one attached hydrogen (secondary N) is 1. The summed E-state index contributed by atoms with van der Waals surface area (Å²) in [4.78, 5) is 24.6. The molecule has 0 bridgehead atoms. The average Bonchev–Trinajstić information content (AvgIpc) is 3.08. The van der Waals surface area contributed by atoms with Crippen LogP contribution in [0.15, 0.2) is 54.6 Å². The van der Waals surface area contributed by atoms with Gasteiger partial charge in [0.15, 0.2) is 0 Å². The van der Waals surface area contributed by atoms with E-state index in [-0.39, 0.29) is 11.9 Å². The number of aryl methyl sites for hydroxylation is 2. The van der Waals surface area contributed by atoms with E-state index < -0.39 is 0 Å². The molecule has 1 heterocycles. The minimum atomic E-state index is -0.369. The maximum atomic E-state index is 12.4. The van der Waals surface area contributed by atoms with E-state index >= 15 is 0 Å². The Kier molecular flexibility index (Phi) is 7.60. The van der Waals surface area contributed by atoms with Crippen LogP contribution in [0.3, 0.4) is 0 Å². The van der Waals surface area contributed by atoms with Crippen LogP contribution in [-0.2, 0) is 11.2 Å². The Morgan fingerprint density at radius 3 is 2.39 bits per heavy atom. The molecule has 0 fully saturated rings. The van der Waals surface area contributed by atoms with Gasteiger partial charge in [0.05, 0.1) is 23.7 Å². The predicted octanol–water partition coefficient (Wildman–Crippen LogP) is 4.42. The molecule has 0 aliphatic heterocycles. The molecule has 1 N–H and O–H groups in total. The largest absolute Gasteiger partial charge is 0.462 e. The van der Waals surface area contributed by atoms with E-state index in [2.05, 4.69) is 22.5 Å². The zero-order valence-electron chi connectivity index (χ0n) is 18.4. The zero-order chi connectivity index (χ0) is 22.2. The number of nitrogens with zero attached hydrogens (tertiary/aromatic N) is 2. The molecule has 0 unspecified atom stereocenters. The molecule has 31 heavy (non-hydrogen) atoms. The highest BCUT2D eigenvalue weighted by Crippen LogP contribution is 2.19. The van der Waals surface area contributed by atoms with Crippen molar-refractivity contribution < 1.29 is 14.3 Å². The summed E-state index contributed by atoms with van der Waals surface area (Å²) in [5.74, 6) is -0.459. The van der Waals surface area contributed by atoms with Gasteiger partial charge in [0, 0.05) is 12.1 Å². The molecule has 1 amide bonds. The number of aromatic nitrogens is 2. The lowest BCUT2D eigenvalue weighted by molar-refractivity contribution is 0.0524. The van der Waals surface area contributed by atoms with Gasteiger partial charge >= 0.3 is 5.97 Å². The van der Waals surface area contributed by atoms with Crippen molar-refractivity contribution >= 4 is 11.9 Å². The molecule has 2 aromatic carbocycles. The van der Waals surface area contributed by atoms with E-state index in [1.165, 1.54) is 5.56 Å². The molecule has 0 atom stereocenters. The standard InChI is InChI=1S/C25H29N3O3/c1-4-31-25(30)23-18(2)27-28(19(23)3)22-15-13-21(14-16-22)24(29)26-17-9-8-12-20-10-6-5-7-11-20/h5-7,10-11,13-16H,4,8-9,12,17H2,1-3H3,(H,26,29). The van der Waals surface area contributed by atoms with Crippen molar-refractivity contribution in [3.05, 3.63) is 82.7 Å². The third kappa shape index (κ3) is 5.60. The molecule has 0 aliphatic rings. The summed E-state index contributed by atoms with van der Waals surface area (Å²) in [6.07, 6.45) is 2.98. The Morgan fingerprint density at radius 1 is 1.00 bits per heavy atom. The Morgan fingerprint density at radius 2 is 1.71 bits per heavy atom. The lowest BCUT2D eigenvalue weighted by Gasteiger charge is -2.08. The SMILES string of the molecule is CCOC(=O)c1c(C)nn(-c2ccc(C(=O)NCCCCc3ccccc3)cc2)c1C. The molecule has 6 nitrogen and oxygen atoms in total. The van der Waals surface area contributed by atoms with E-state index in [9.17, 15) is 9.59 Å². The zero-order valence-corrected chi connectivity index (χ0v) is 18.4. The lowest BCUT2D eigenvalue weighted by atomic mass is 10.1. The Labute approximate surface area is 183 Å². The molecule has 0 radical (unpaired) electrons. The number of esters is 1. The summed E-state index contributed by atoms with van der Waals surface area (Å²) in [5.41, 5.74) is 4.52. The van der Waals surface area contributed by atoms with Gasteiger partial charge in [-0.3, -0.25) is 4.79 Å². The number of benzene rings is 2.